The van der Waals surface area contributed by atoms with E-state index in [4.69, 9.17) is 0 Å². The van der Waals surface area contributed by atoms with Crippen LogP contribution in [0.15, 0.2) is 29.2 Å². The van der Waals surface area contributed by atoms with E-state index in [0.717, 1.165) is 25.9 Å². The fourth-order valence-corrected chi connectivity index (χ4v) is 3.56. The zero-order valence-corrected chi connectivity index (χ0v) is 14.2. The van der Waals surface area contributed by atoms with E-state index < -0.39 is 28.7 Å². The molecule has 0 aliphatic carbocycles. The van der Waals surface area contributed by atoms with Crippen LogP contribution in [0, 0.1) is 5.92 Å². The summed E-state index contributed by atoms with van der Waals surface area (Å²) in [4.78, 5) is 11.6. The molecule has 1 heterocycles. The monoisotopic (exact) mass is 379 g/mol. The second kappa shape index (κ2) is 8.15. The molecule has 6 nitrogen and oxygen atoms in total. The topological polar surface area (TPSA) is 87.3 Å². The number of carbonyl (C=O) groups is 1. The Bertz CT molecular complexity index is 684. The first-order valence-electron chi connectivity index (χ1n) is 7.83. The number of nitrogens with one attached hydrogen (secondary N) is 3. The van der Waals surface area contributed by atoms with Crippen molar-refractivity contribution in [2.24, 2.45) is 5.92 Å². The number of hydrogen-bond acceptors (Lipinski definition) is 4. The van der Waals surface area contributed by atoms with Crippen molar-refractivity contribution in [2.45, 2.75) is 23.9 Å². The number of sulfonamides is 1. The maximum Gasteiger partial charge on any atom is 0.405 e. The first-order valence-corrected chi connectivity index (χ1v) is 9.31. The number of amides is 1. The lowest BCUT2D eigenvalue weighted by Crippen LogP contribution is -2.33. The van der Waals surface area contributed by atoms with Gasteiger partial charge in [0, 0.05) is 12.1 Å². The third-order valence-corrected chi connectivity index (χ3v) is 5.36. The lowest BCUT2D eigenvalue weighted by molar-refractivity contribution is -0.123. The summed E-state index contributed by atoms with van der Waals surface area (Å²) in [6.45, 7) is 0.685. The van der Waals surface area contributed by atoms with Crippen LogP contribution in [0.5, 0.6) is 0 Å². The predicted molar refractivity (Wildman–Crippen MR) is 85.6 cm³/mol. The number of rotatable bonds is 7. The van der Waals surface area contributed by atoms with E-state index >= 15 is 0 Å². The summed E-state index contributed by atoms with van der Waals surface area (Å²) in [5, 5.41) is 4.93. The second-order valence-electron chi connectivity index (χ2n) is 5.87. The van der Waals surface area contributed by atoms with Crippen molar-refractivity contribution in [2.75, 3.05) is 26.2 Å². The molecular formula is C15H20F3N3O3S. The minimum atomic E-state index is -4.50. The number of carbonyl (C=O) groups excluding carboxylic acids is 1. The number of alkyl halides is 3. The third-order valence-electron chi connectivity index (χ3n) is 3.88. The van der Waals surface area contributed by atoms with Gasteiger partial charge in [-0.25, -0.2) is 13.1 Å². The average molecular weight is 379 g/mol. The van der Waals surface area contributed by atoms with Crippen molar-refractivity contribution in [3.05, 3.63) is 29.8 Å². The van der Waals surface area contributed by atoms with E-state index in [-0.39, 0.29) is 10.5 Å². The molecule has 1 aromatic carbocycles. The Balaban J connectivity index is 1.89. The molecule has 1 amide bonds. The molecule has 1 unspecified atom stereocenters. The Morgan fingerprint density at radius 1 is 1.24 bits per heavy atom. The fourth-order valence-electron chi connectivity index (χ4n) is 2.51. The van der Waals surface area contributed by atoms with Crippen molar-refractivity contribution < 1.29 is 26.4 Å². The average Bonchev–Trinajstić information content (AvgIpc) is 3.05. The molecule has 1 aliphatic rings. The first-order chi connectivity index (χ1) is 11.7. The molecule has 1 aromatic rings. The molecule has 140 valence electrons. The smallest absolute Gasteiger partial charge is 0.343 e. The SMILES string of the molecule is O=C(NCC(F)(F)F)c1ccc(S(=O)(=O)NCCC2CCNC2)cc1. The van der Waals surface area contributed by atoms with Gasteiger partial charge in [0.15, 0.2) is 0 Å². The minimum absolute atomic E-state index is 0.0376. The van der Waals surface area contributed by atoms with Gasteiger partial charge in [0.1, 0.15) is 6.54 Å². The van der Waals surface area contributed by atoms with Gasteiger partial charge in [0.05, 0.1) is 4.90 Å². The van der Waals surface area contributed by atoms with Crippen molar-refractivity contribution in [3.63, 3.8) is 0 Å². The molecule has 0 aromatic heterocycles. The highest BCUT2D eigenvalue weighted by Crippen LogP contribution is 2.15. The van der Waals surface area contributed by atoms with Gasteiger partial charge in [-0.1, -0.05) is 0 Å². The van der Waals surface area contributed by atoms with Crippen LogP contribution < -0.4 is 15.4 Å². The number of benzene rings is 1. The van der Waals surface area contributed by atoms with Gasteiger partial charge < -0.3 is 10.6 Å². The second-order valence-corrected chi connectivity index (χ2v) is 7.63. The molecule has 25 heavy (non-hydrogen) atoms. The molecule has 1 fully saturated rings. The molecule has 0 bridgehead atoms. The van der Waals surface area contributed by atoms with Crippen LogP contribution in [-0.4, -0.2) is 46.7 Å². The van der Waals surface area contributed by atoms with Crippen molar-refractivity contribution in [1.82, 2.24) is 15.4 Å². The van der Waals surface area contributed by atoms with Gasteiger partial charge in [-0.2, -0.15) is 13.2 Å². The first kappa shape index (κ1) is 19.7. The summed E-state index contributed by atoms with van der Waals surface area (Å²) < 4.78 is 63.1. The van der Waals surface area contributed by atoms with Crippen molar-refractivity contribution >= 4 is 15.9 Å². The van der Waals surface area contributed by atoms with Crippen LogP contribution in [0.3, 0.4) is 0 Å². The Kier molecular flexibility index (Phi) is 6.42. The largest absolute Gasteiger partial charge is 0.405 e. The Labute approximate surface area is 144 Å². The van der Waals surface area contributed by atoms with E-state index in [9.17, 15) is 26.4 Å². The lowest BCUT2D eigenvalue weighted by Gasteiger charge is -2.11. The normalized spacial score (nSPS) is 18.3. The highest BCUT2D eigenvalue weighted by molar-refractivity contribution is 7.89. The standard InChI is InChI=1S/C15H20F3N3O3S/c16-15(17,18)10-20-14(22)12-1-3-13(4-2-12)25(23,24)21-8-6-11-5-7-19-9-11/h1-4,11,19,21H,5-10H2,(H,20,22). The molecule has 1 aliphatic heterocycles. The van der Waals surface area contributed by atoms with Gasteiger partial charge in [-0.3, -0.25) is 4.79 Å². The van der Waals surface area contributed by atoms with Crippen LogP contribution in [0.4, 0.5) is 13.2 Å². The maximum atomic E-state index is 12.2. The maximum absolute atomic E-state index is 12.2. The molecular weight excluding hydrogens is 359 g/mol. The number of halogens is 3. The third kappa shape index (κ3) is 6.29. The molecule has 10 heteroatoms. The van der Waals surface area contributed by atoms with Crippen LogP contribution in [-0.2, 0) is 10.0 Å². The molecule has 0 radical (unpaired) electrons. The summed E-state index contributed by atoms with van der Waals surface area (Å²) in [5.74, 6) is -0.467. The van der Waals surface area contributed by atoms with E-state index in [0.29, 0.717) is 12.5 Å². The Morgan fingerprint density at radius 2 is 1.92 bits per heavy atom. The quantitative estimate of drug-likeness (QED) is 0.666. The van der Waals surface area contributed by atoms with Gasteiger partial charge in [-0.15, -0.1) is 0 Å². The predicted octanol–water partition coefficient (Wildman–Crippen LogP) is 1.26. The van der Waals surface area contributed by atoms with Crippen molar-refractivity contribution in [3.8, 4) is 0 Å². The summed E-state index contributed by atoms with van der Waals surface area (Å²) in [6.07, 6.45) is -2.76. The number of hydrogen-bond donors (Lipinski definition) is 3. The van der Waals surface area contributed by atoms with Gasteiger partial charge in [0.2, 0.25) is 10.0 Å². The van der Waals surface area contributed by atoms with Crippen LogP contribution >= 0.6 is 0 Å². The zero-order chi connectivity index (χ0) is 18.5. The van der Waals surface area contributed by atoms with Crippen molar-refractivity contribution in [1.29, 1.82) is 0 Å². The molecule has 3 N–H and O–H groups in total. The molecule has 1 atom stereocenters. The molecule has 0 spiro atoms. The van der Waals surface area contributed by atoms with Crippen LogP contribution in [0.25, 0.3) is 0 Å². The highest BCUT2D eigenvalue weighted by Gasteiger charge is 2.28. The van der Waals surface area contributed by atoms with E-state index in [1.54, 1.807) is 5.32 Å². The van der Waals surface area contributed by atoms with E-state index in [2.05, 4.69) is 10.0 Å². The van der Waals surface area contributed by atoms with Crippen LogP contribution in [0.1, 0.15) is 23.2 Å². The summed E-state index contributed by atoms with van der Waals surface area (Å²) in [7, 11) is -3.71. The fraction of sp³-hybridized carbons (Fsp3) is 0.533. The Morgan fingerprint density at radius 3 is 2.48 bits per heavy atom. The van der Waals surface area contributed by atoms with Gasteiger partial charge >= 0.3 is 6.18 Å². The molecule has 2 rings (SSSR count). The van der Waals surface area contributed by atoms with E-state index in [1.807, 2.05) is 0 Å². The van der Waals surface area contributed by atoms with Crippen LogP contribution in [0.2, 0.25) is 0 Å². The minimum Gasteiger partial charge on any atom is -0.343 e. The highest BCUT2D eigenvalue weighted by atomic mass is 32.2. The molecule has 0 saturated carbocycles. The Hall–Kier alpha value is -1.65. The molecule has 1 saturated heterocycles. The summed E-state index contributed by atoms with van der Waals surface area (Å²) in [6, 6.07) is 4.76. The van der Waals surface area contributed by atoms with Gasteiger partial charge in [-0.05, 0) is 56.1 Å². The zero-order valence-electron chi connectivity index (χ0n) is 13.4. The summed E-state index contributed by atoms with van der Waals surface area (Å²) in [5.41, 5.74) is -0.0415. The lowest BCUT2D eigenvalue weighted by atomic mass is 10.1. The van der Waals surface area contributed by atoms with Gasteiger partial charge in [0.25, 0.3) is 5.91 Å². The van der Waals surface area contributed by atoms with E-state index in [1.165, 1.54) is 24.3 Å². The summed E-state index contributed by atoms with van der Waals surface area (Å²) >= 11 is 0.